The van der Waals surface area contributed by atoms with E-state index in [4.69, 9.17) is 4.74 Å². The van der Waals surface area contributed by atoms with Gasteiger partial charge in [0.25, 0.3) is 0 Å². The number of hydrogen-bond donors (Lipinski definition) is 1. The van der Waals surface area contributed by atoms with Gasteiger partial charge in [0.15, 0.2) is 0 Å². The summed E-state index contributed by atoms with van der Waals surface area (Å²) >= 11 is 3.65. The van der Waals surface area contributed by atoms with Gasteiger partial charge in [-0.2, -0.15) is 0 Å². The molecule has 3 nitrogen and oxygen atoms in total. The van der Waals surface area contributed by atoms with Crippen LogP contribution in [0.25, 0.3) is 0 Å². The van der Waals surface area contributed by atoms with Crippen LogP contribution in [0.1, 0.15) is 24.3 Å². The summed E-state index contributed by atoms with van der Waals surface area (Å²) in [7, 11) is 3.90. The van der Waals surface area contributed by atoms with E-state index in [9.17, 15) is 0 Å². The minimum atomic E-state index is 0.683. The summed E-state index contributed by atoms with van der Waals surface area (Å²) in [5.74, 6) is 0.717. The molecule has 0 aromatic heterocycles. The van der Waals surface area contributed by atoms with E-state index in [1.165, 1.54) is 22.9 Å². The van der Waals surface area contributed by atoms with Gasteiger partial charge in [-0.15, -0.1) is 0 Å². The van der Waals surface area contributed by atoms with Crippen LogP contribution in [0.3, 0.4) is 0 Å². The largest absolute Gasteiger partial charge is 0.383 e. The van der Waals surface area contributed by atoms with E-state index in [1.807, 2.05) is 0 Å². The van der Waals surface area contributed by atoms with Crippen LogP contribution in [0.15, 0.2) is 28.7 Å². The number of halogens is 1. The Hall–Kier alpha value is -0.420. The number of nitrogens with one attached hydrogen (secondary N) is 1. The quantitative estimate of drug-likeness (QED) is 0.787. The van der Waals surface area contributed by atoms with Crippen LogP contribution < -0.4 is 5.32 Å². The second-order valence-electron chi connectivity index (χ2n) is 5.64. The molecular formula is C16H25BrN2O. The maximum Gasteiger partial charge on any atom is 0.0589 e. The third-order valence-electron chi connectivity index (χ3n) is 4.09. The van der Waals surface area contributed by atoms with E-state index in [1.54, 1.807) is 7.11 Å². The minimum absolute atomic E-state index is 0.683. The monoisotopic (exact) mass is 340 g/mol. The number of likely N-dealkylation sites (N-methyl/N-ethyl adjacent to an activating group) is 1. The smallest absolute Gasteiger partial charge is 0.0589 e. The SMILES string of the molecule is COCCN(C)CCNC1CC(c2ccccc2Br)C1. The first-order chi connectivity index (χ1) is 9.70. The molecule has 0 aliphatic heterocycles. The van der Waals surface area contributed by atoms with Crippen molar-refractivity contribution in [3.05, 3.63) is 34.3 Å². The summed E-state index contributed by atoms with van der Waals surface area (Å²) < 4.78 is 6.33. The first-order valence-corrected chi connectivity index (χ1v) is 8.15. The van der Waals surface area contributed by atoms with Gasteiger partial charge < -0.3 is 15.0 Å². The molecule has 1 aromatic rings. The van der Waals surface area contributed by atoms with Gasteiger partial charge >= 0.3 is 0 Å². The lowest BCUT2D eigenvalue weighted by molar-refractivity contribution is 0.159. The van der Waals surface area contributed by atoms with Crippen molar-refractivity contribution in [3.8, 4) is 0 Å². The number of rotatable bonds is 8. The zero-order valence-electron chi connectivity index (χ0n) is 12.4. The van der Waals surface area contributed by atoms with Crippen molar-refractivity contribution in [1.82, 2.24) is 10.2 Å². The van der Waals surface area contributed by atoms with Crippen molar-refractivity contribution in [2.45, 2.75) is 24.8 Å². The third-order valence-corrected chi connectivity index (χ3v) is 4.81. The average Bonchev–Trinajstić information content (AvgIpc) is 2.40. The predicted molar refractivity (Wildman–Crippen MR) is 87.3 cm³/mol. The third kappa shape index (κ3) is 4.55. The van der Waals surface area contributed by atoms with Crippen LogP contribution in [0.4, 0.5) is 0 Å². The first-order valence-electron chi connectivity index (χ1n) is 7.36. The normalized spacial score (nSPS) is 22.0. The molecule has 1 aliphatic carbocycles. The molecule has 0 bridgehead atoms. The molecule has 1 saturated carbocycles. The summed E-state index contributed by atoms with van der Waals surface area (Å²) in [6, 6.07) is 9.27. The van der Waals surface area contributed by atoms with Crippen molar-refractivity contribution in [2.75, 3.05) is 40.4 Å². The van der Waals surface area contributed by atoms with Gasteiger partial charge in [-0.05, 0) is 37.4 Å². The summed E-state index contributed by atoms with van der Waals surface area (Å²) in [6.07, 6.45) is 2.51. The lowest BCUT2D eigenvalue weighted by atomic mass is 9.76. The average molecular weight is 341 g/mol. The fourth-order valence-corrected chi connectivity index (χ4v) is 3.27. The molecule has 1 aromatic carbocycles. The number of benzene rings is 1. The summed E-state index contributed by atoms with van der Waals surface area (Å²) in [4.78, 5) is 2.31. The van der Waals surface area contributed by atoms with Gasteiger partial charge in [-0.25, -0.2) is 0 Å². The molecule has 0 saturated heterocycles. The highest BCUT2D eigenvalue weighted by Gasteiger charge is 2.30. The van der Waals surface area contributed by atoms with Gasteiger partial charge in [0.1, 0.15) is 0 Å². The van der Waals surface area contributed by atoms with E-state index in [0.717, 1.165) is 26.2 Å². The Bertz CT molecular complexity index is 407. The van der Waals surface area contributed by atoms with Gasteiger partial charge in [0.05, 0.1) is 6.61 Å². The zero-order chi connectivity index (χ0) is 14.4. The fourth-order valence-electron chi connectivity index (χ4n) is 2.66. The topological polar surface area (TPSA) is 24.5 Å². The van der Waals surface area contributed by atoms with Crippen molar-refractivity contribution in [1.29, 1.82) is 0 Å². The van der Waals surface area contributed by atoms with E-state index in [-0.39, 0.29) is 0 Å². The van der Waals surface area contributed by atoms with Gasteiger partial charge in [0, 0.05) is 37.3 Å². The Morgan fingerprint density at radius 3 is 2.75 bits per heavy atom. The second kappa shape index (κ2) is 8.13. The molecule has 0 radical (unpaired) electrons. The molecule has 1 aliphatic rings. The summed E-state index contributed by atoms with van der Waals surface area (Å²) in [5.41, 5.74) is 1.46. The molecule has 0 spiro atoms. The van der Waals surface area contributed by atoms with Crippen LogP contribution in [0, 0.1) is 0 Å². The fraction of sp³-hybridized carbons (Fsp3) is 0.625. The zero-order valence-corrected chi connectivity index (χ0v) is 14.0. The number of nitrogens with zero attached hydrogens (tertiary/aromatic N) is 1. The molecule has 0 heterocycles. The second-order valence-corrected chi connectivity index (χ2v) is 6.49. The summed E-state index contributed by atoms with van der Waals surface area (Å²) in [5, 5.41) is 3.65. The minimum Gasteiger partial charge on any atom is -0.383 e. The standard InChI is InChI=1S/C16H25BrN2O/c1-19(9-10-20-2)8-7-18-14-11-13(12-14)15-5-3-4-6-16(15)17/h3-6,13-14,18H,7-12H2,1-2H3. The Morgan fingerprint density at radius 2 is 2.05 bits per heavy atom. The van der Waals surface area contributed by atoms with Crippen LogP contribution >= 0.6 is 15.9 Å². The van der Waals surface area contributed by atoms with Crippen molar-refractivity contribution < 1.29 is 4.74 Å². The van der Waals surface area contributed by atoms with Crippen molar-refractivity contribution >= 4 is 15.9 Å². The van der Waals surface area contributed by atoms with E-state index in [0.29, 0.717) is 12.0 Å². The lowest BCUT2D eigenvalue weighted by Crippen LogP contribution is -2.43. The Balaban J connectivity index is 1.61. The molecule has 0 unspecified atom stereocenters. The molecule has 20 heavy (non-hydrogen) atoms. The van der Waals surface area contributed by atoms with Crippen LogP contribution in [0.5, 0.6) is 0 Å². The van der Waals surface area contributed by atoms with E-state index < -0.39 is 0 Å². The molecule has 1 fully saturated rings. The highest BCUT2D eigenvalue weighted by molar-refractivity contribution is 9.10. The molecule has 2 rings (SSSR count). The Kier molecular flexibility index (Phi) is 6.49. The number of methoxy groups -OCH3 is 1. The molecule has 0 atom stereocenters. The van der Waals surface area contributed by atoms with Crippen molar-refractivity contribution in [3.63, 3.8) is 0 Å². The highest BCUT2D eigenvalue weighted by atomic mass is 79.9. The maximum absolute atomic E-state index is 5.08. The Labute approximate surface area is 130 Å². The van der Waals surface area contributed by atoms with Crippen LogP contribution in [0.2, 0.25) is 0 Å². The number of ether oxygens (including phenoxy) is 1. The van der Waals surface area contributed by atoms with Gasteiger partial charge in [0.2, 0.25) is 0 Å². The van der Waals surface area contributed by atoms with Gasteiger partial charge in [-0.1, -0.05) is 34.1 Å². The Morgan fingerprint density at radius 1 is 1.30 bits per heavy atom. The van der Waals surface area contributed by atoms with Crippen molar-refractivity contribution in [2.24, 2.45) is 0 Å². The van der Waals surface area contributed by atoms with Gasteiger partial charge in [-0.3, -0.25) is 0 Å². The summed E-state index contributed by atoms with van der Waals surface area (Å²) in [6.45, 7) is 3.96. The number of hydrogen-bond acceptors (Lipinski definition) is 3. The highest BCUT2D eigenvalue weighted by Crippen LogP contribution is 2.39. The molecule has 112 valence electrons. The molecule has 4 heteroatoms. The molecular weight excluding hydrogens is 316 g/mol. The molecule has 0 amide bonds. The predicted octanol–water partition coefficient (Wildman–Crippen LogP) is 2.86. The first kappa shape index (κ1) is 16.0. The van der Waals surface area contributed by atoms with Crippen LogP contribution in [-0.4, -0.2) is 51.3 Å². The maximum atomic E-state index is 5.08. The van der Waals surface area contributed by atoms with E-state index >= 15 is 0 Å². The van der Waals surface area contributed by atoms with E-state index in [2.05, 4.69) is 57.5 Å². The molecule has 1 N–H and O–H groups in total. The lowest BCUT2D eigenvalue weighted by Gasteiger charge is -2.37. The van der Waals surface area contributed by atoms with Crippen LogP contribution in [-0.2, 0) is 4.74 Å².